The van der Waals surface area contributed by atoms with E-state index in [1.807, 2.05) is 30.3 Å². The number of hydrogen-bond acceptors (Lipinski definition) is 8. The zero-order valence-corrected chi connectivity index (χ0v) is 22.7. The first kappa shape index (κ1) is 26.1. The van der Waals surface area contributed by atoms with Crippen LogP contribution >= 0.6 is 11.3 Å². The van der Waals surface area contributed by atoms with Crippen LogP contribution < -0.4 is 19.6 Å². The number of ketones is 1. The smallest absolute Gasteiger partial charge is 0.338 e. The van der Waals surface area contributed by atoms with Gasteiger partial charge in [0.2, 0.25) is 0 Å². The van der Waals surface area contributed by atoms with E-state index in [0.29, 0.717) is 49.0 Å². The van der Waals surface area contributed by atoms with Crippen molar-refractivity contribution in [1.29, 1.82) is 0 Å². The Morgan fingerprint density at radius 1 is 1.13 bits per heavy atom. The second-order valence-corrected chi connectivity index (χ2v) is 9.92. The van der Waals surface area contributed by atoms with Crippen LogP contribution in [0.1, 0.15) is 48.5 Å². The highest BCUT2D eigenvalue weighted by Crippen LogP contribution is 2.32. The highest BCUT2D eigenvalue weighted by Gasteiger charge is 2.33. The summed E-state index contributed by atoms with van der Waals surface area (Å²) in [6.07, 6.45) is 1.67. The van der Waals surface area contributed by atoms with Crippen molar-refractivity contribution in [2.45, 2.75) is 26.8 Å². The van der Waals surface area contributed by atoms with E-state index in [2.05, 4.69) is 4.99 Å². The third-order valence-corrected chi connectivity index (χ3v) is 7.39. The highest BCUT2D eigenvalue weighted by atomic mass is 32.1. The fourth-order valence-corrected chi connectivity index (χ4v) is 5.53. The predicted molar refractivity (Wildman–Crippen MR) is 148 cm³/mol. The molecular weight excluding hydrogens is 516 g/mol. The van der Waals surface area contributed by atoms with Gasteiger partial charge in [0.1, 0.15) is 17.3 Å². The first-order valence-electron chi connectivity index (χ1n) is 12.4. The molecule has 0 saturated heterocycles. The summed E-state index contributed by atoms with van der Waals surface area (Å²) in [5.74, 6) is 1.17. The molecule has 0 radical (unpaired) electrons. The maximum Gasteiger partial charge on any atom is 0.338 e. The Hall–Kier alpha value is -4.50. The summed E-state index contributed by atoms with van der Waals surface area (Å²) in [5, 5.41) is 0. The van der Waals surface area contributed by atoms with Gasteiger partial charge in [0, 0.05) is 17.2 Å². The molecule has 0 bridgehead atoms. The first-order chi connectivity index (χ1) is 18.8. The number of esters is 1. The monoisotopic (exact) mass is 542 g/mol. The molecule has 1 aliphatic rings. The molecule has 8 nitrogen and oxygen atoms in total. The van der Waals surface area contributed by atoms with E-state index in [0.717, 1.165) is 5.56 Å². The van der Waals surface area contributed by atoms with Crippen molar-refractivity contribution in [2.75, 3.05) is 13.7 Å². The molecule has 1 atom stereocenters. The number of nitrogens with zero attached hydrogens (tertiary/aromatic N) is 2. The van der Waals surface area contributed by atoms with Crippen molar-refractivity contribution in [3.8, 4) is 17.1 Å². The molecule has 2 aromatic heterocycles. The molecule has 0 spiro atoms. The van der Waals surface area contributed by atoms with Crippen LogP contribution in [0.2, 0.25) is 0 Å². The van der Waals surface area contributed by atoms with Gasteiger partial charge >= 0.3 is 5.97 Å². The zero-order valence-electron chi connectivity index (χ0n) is 21.9. The predicted octanol–water partition coefficient (Wildman–Crippen LogP) is 4.27. The summed E-state index contributed by atoms with van der Waals surface area (Å²) >= 11 is 1.22. The summed E-state index contributed by atoms with van der Waals surface area (Å²) in [6, 6.07) is 17.3. The lowest BCUT2D eigenvalue weighted by Crippen LogP contribution is -2.39. The average molecular weight is 543 g/mol. The molecule has 0 saturated carbocycles. The van der Waals surface area contributed by atoms with Crippen LogP contribution in [0.5, 0.6) is 5.75 Å². The van der Waals surface area contributed by atoms with Crippen LogP contribution in [0, 0.1) is 0 Å². The maximum absolute atomic E-state index is 13.8. The molecule has 5 rings (SSSR count). The Bertz CT molecular complexity index is 1790. The number of benzene rings is 2. The molecule has 0 aliphatic carbocycles. The van der Waals surface area contributed by atoms with Crippen molar-refractivity contribution in [3.05, 3.63) is 109 Å². The van der Waals surface area contributed by atoms with Crippen LogP contribution in [0.3, 0.4) is 0 Å². The second-order valence-electron chi connectivity index (χ2n) is 8.91. The minimum absolute atomic E-state index is 0.00865. The van der Waals surface area contributed by atoms with Gasteiger partial charge in [-0.1, -0.05) is 47.7 Å². The number of fused-ring (bicyclic) bond motifs is 1. The van der Waals surface area contributed by atoms with Gasteiger partial charge < -0.3 is 13.9 Å². The number of furan rings is 1. The molecule has 2 aromatic carbocycles. The van der Waals surface area contributed by atoms with Gasteiger partial charge in [0.25, 0.3) is 5.56 Å². The van der Waals surface area contributed by atoms with Crippen LogP contribution in [0.25, 0.3) is 17.4 Å². The van der Waals surface area contributed by atoms with Crippen molar-refractivity contribution in [2.24, 2.45) is 4.99 Å². The van der Waals surface area contributed by atoms with E-state index in [1.165, 1.54) is 22.8 Å². The van der Waals surface area contributed by atoms with Gasteiger partial charge in [-0.3, -0.25) is 14.2 Å². The quantitative estimate of drug-likeness (QED) is 0.255. The Balaban J connectivity index is 1.60. The molecule has 198 valence electrons. The molecule has 0 fully saturated rings. The van der Waals surface area contributed by atoms with E-state index in [-0.39, 0.29) is 17.9 Å². The Morgan fingerprint density at radius 3 is 2.59 bits per heavy atom. The van der Waals surface area contributed by atoms with Crippen LogP contribution in [0.15, 0.2) is 86.1 Å². The van der Waals surface area contributed by atoms with Crippen molar-refractivity contribution < 1.29 is 23.5 Å². The number of thiazole rings is 1. The van der Waals surface area contributed by atoms with E-state index in [9.17, 15) is 14.4 Å². The summed E-state index contributed by atoms with van der Waals surface area (Å²) in [7, 11) is 1.56. The van der Waals surface area contributed by atoms with E-state index < -0.39 is 12.0 Å². The van der Waals surface area contributed by atoms with E-state index in [4.69, 9.17) is 13.9 Å². The SMILES string of the molecule is CCOC(=O)C1=C(C)N=c2s/c(=C\c3ccc(-c4ccc(C(C)=O)cc4)o3)c(=O)n2[C@@H]1c1cccc(OC)c1. The van der Waals surface area contributed by atoms with Gasteiger partial charge in [0.15, 0.2) is 10.6 Å². The number of ether oxygens (including phenoxy) is 2. The molecule has 3 heterocycles. The molecule has 4 aromatic rings. The largest absolute Gasteiger partial charge is 0.497 e. The fourth-order valence-electron chi connectivity index (χ4n) is 4.50. The second kappa shape index (κ2) is 10.7. The van der Waals surface area contributed by atoms with Crippen LogP contribution in [-0.4, -0.2) is 30.0 Å². The van der Waals surface area contributed by atoms with Gasteiger partial charge in [-0.25, -0.2) is 9.79 Å². The Morgan fingerprint density at radius 2 is 1.90 bits per heavy atom. The third-order valence-electron chi connectivity index (χ3n) is 6.40. The average Bonchev–Trinajstić information content (AvgIpc) is 3.52. The maximum atomic E-state index is 13.8. The van der Waals surface area contributed by atoms with Gasteiger partial charge in [0.05, 0.1) is 35.6 Å². The zero-order chi connectivity index (χ0) is 27.7. The van der Waals surface area contributed by atoms with Crippen molar-refractivity contribution in [1.82, 2.24) is 4.57 Å². The fraction of sp³-hybridized carbons (Fsp3) is 0.200. The number of aromatic nitrogens is 1. The molecule has 39 heavy (non-hydrogen) atoms. The first-order valence-corrected chi connectivity index (χ1v) is 13.2. The lowest BCUT2D eigenvalue weighted by molar-refractivity contribution is -0.139. The highest BCUT2D eigenvalue weighted by molar-refractivity contribution is 7.07. The van der Waals surface area contributed by atoms with Crippen molar-refractivity contribution >= 4 is 29.2 Å². The number of allylic oxidation sites excluding steroid dienone is 1. The molecule has 0 amide bonds. The Kier molecular flexibility index (Phi) is 7.17. The number of carbonyl (C=O) groups excluding carboxylic acids is 2. The summed E-state index contributed by atoms with van der Waals surface area (Å²) in [6.45, 7) is 5.20. The number of rotatable bonds is 7. The Labute approximate surface area is 228 Å². The standard InChI is InChI=1S/C30H26N2O6S/c1-5-37-29(35)26-17(2)31-30-32(27(26)21-7-6-8-22(15-21)36-4)28(34)25(39-30)16-23-13-14-24(38-23)20-11-9-19(10-12-20)18(3)33/h6-16,27H,5H2,1-4H3/b25-16-/t27-/m1/s1. The molecule has 0 unspecified atom stereocenters. The molecule has 0 N–H and O–H groups in total. The lowest BCUT2D eigenvalue weighted by Gasteiger charge is -2.24. The minimum Gasteiger partial charge on any atom is -0.497 e. The van der Waals surface area contributed by atoms with Gasteiger partial charge in [-0.05, 0) is 50.6 Å². The number of hydrogen-bond donors (Lipinski definition) is 0. The van der Waals surface area contributed by atoms with E-state index in [1.54, 1.807) is 57.4 Å². The molecule has 9 heteroatoms. The minimum atomic E-state index is -0.732. The number of methoxy groups -OCH3 is 1. The normalized spacial score (nSPS) is 15.1. The van der Waals surface area contributed by atoms with Crippen LogP contribution in [0.4, 0.5) is 0 Å². The van der Waals surface area contributed by atoms with Gasteiger partial charge in [-0.15, -0.1) is 0 Å². The summed E-state index contributed by atoms with van der Waals surface area (Å²) in [5.41, 5.74) is 2.63. The number of Topliss-reactive ketones (excluding diaryl/α,β-unsaturated/α-hetero) is 1. The summed E-state index contributed by atoms with van der Waals surface area (Å²) < 4.78 is 18.7. The molecule has 1 aliphatic heterocycles. The van der Waals surface area contributed by atoms with Crippen LogP contribution in [-0.2, 0) is 9.53 Å². The topological polar surface area (TPSA) is 100 Å². The lowest BCUT2D eigenvalue weighted by atomic mass is 9.95. The summed E-state index contributed by atoms with van der Waals surface area (Å²) in [4.78, 5) is 43.4. The van der Waals surface area contributed by atoms with Crippen molar-refractivity contribution in [3.63, 3.8) is 0 Å². The van der Waals surface area contributed by atoms with E-state index >= 15 is 0 Å². The van der Waals surface area contributed by atoms with Gasteiger partial charge in [-0.2, -0.15) is 0 Å². The number of carbonyl (C=O) groups is 2. The third kappa shape index (κ3) is 5.00. The molecular formula is C30H26N2O6S.